The third kappa shape index (κ3) is 2.35. The first-order chi connectivity index (χ1) is 7.70. The molecule has 0 spiro atoms. The van der Waals surface area contributed by atoms with Crippen molar-refractivity contribution in [1.29, 1.82) is 0 Å². The molecule has 2 heterocycles. The van der Waals surface area contributed by atoms with E-state index in [0.717, 1.165) is 31.3 Å². The number of hydrogen-bond donors (Lipinski definition) is 1. The Bertz CT molecular complexity index is 338. The Hall–Kier alpha value is -1.10. The topological polar surface area (TPSA) is 54.2 Å². The lowest BCUT2D eigenvalue weighted by atomic mass is 9.94. The maximum Gasteiger partial charge on any atom is 0.265 e. The van der Waals surface area contributed by atoms with Crippen molar-refractivity contribution in [2.75, 3.05) is 25.0 Å². The minimum atomic E-state index is 0.232. The van der Waals surface area contributed by atoms with Crippen molar-refractivity contribution < 1.29 is 4.52 Å². The number of rotatable bonds is 3. The van der Waals surface area contributed by atoms with Crippen LogP contribution in [0.4, 0.5) is 5.95 Å². The lowest BCUT2D eigenvalue weighted by molar-refractivity contribution is 0.260. The van der Waals surface area contributed by atoms with Crippen LogP contribution in [0.25, 0.3) is 0 Å². The quantitative estimate of drug-likeness (QED) is 0.845. The van der Waals surface area contributed by atoms with E-state index in [1.165, 1.54) is 6.42 Å². The summed E-state index contributed by atoms with van der Waals surface area (Å²) in [5.74, 6) is 2.13. The SMILES string of the molecule is CCN(C)c1noc(C2CC(C)CCN2)n1. The molecule has 2 atom stereocenters. The van der Waals surface area contributed by atoms with Crippen LogP contribution < -0.4 is 10.2 Å². The maximum atomic E-state index is 5.31. The predicted octanol–water partition coefficient (Wildman–Crippen LogP) is 1.59. The Morgan fingerprint density at radius 3 is 3.06 bits per heavy atom. The molecule has 90 valence electrons. The van der Waals surface area contributed by atoms with Gasteiger partial charge in [-0.05, 0) is 37.4 Å². The average Bonchev–Trinajstić information content (AvgIpc) is 2.77. The largest absolute Gasteiger partial charge is 0.342 e. The number of hydrogen-bond acceptors (Lipinski definition) is 5. The highest BCUT2D eigenvalue weighted by Crippen LogP contribution is 2.26. The standard InChI is InChI=1S/C11H20N4O/c1-4-15(3)11-13-10(16-14-11)9-7-8(2)5-6-12-9/h8-9,12H,4-7H2,1-3H3. The van der Waals surface area contributed by atoms with Crippen LogP contribution in [0.1, 0.15) is 38.6 Å². The first-order valence-corrected chi connectivity index (χ1v) is 5.98. The van der Waals surface area contributed by atoms with E-state index in [2.05, 4.69) is 29.3 Å². The van der Waals surface area contributed by atoms with Gasteiger partial charge in [0.05, 0.1) is 6.04 Å². The minimum Gasteiger partial charge on any atom is -0.342 e. The van der Waals surface area contributed by atoms with E-state index in [-0.39, 0.29) is 6.04 Å². The second kappa shape index (κ2) is 4.82. The molecule has 0 saturated carbocycles. The zero-order valence-electron chi connectivity index (χ0n) is 10.2. The van der Waals surface area contributed by atoms with Crippen LogP contribution in [0.2, 0.25) is 0 Å². The fourth-order valence-electron chi connectivity index (χ4n) is 1.96. The van der Waals surface area contributed by atoms with E-state index >= 15 is 0 Å². The van der Waals surface area contributed by atoms with Crippen LogP contribution in [0, 0.1) is 5.92 Å². The van der Waals surface area contributed by atoms with Gasteiger partial charge in [0, 0.05) is 13.6 Å². The van der Waals surface area contributed by atoms with Crippen LogP contribution in [0.15, 0.2) is 4.52 Å². The van der Waals surface area contributed by atoms with Gasteiger partial charge in [-0.15, -0.1) is 0 Å². The summed E-state index contributed by atoms with van der Waals surface area (Å²) in [7, 11) is 1.96. The van der Waals surface area contributed by atoms with E-state index < -0.39 is 0 Å². The number of anilines is 1. The van der Waals surface area contributed by atoms with Crippen molar-refractivity contribution in [3.63, 3.8) is 0 Å². The number of piperidine rings is 1. The lowest BCUT2D eigenvalue weighted by Crippen LogP contribution is -2.31. The molecule has 5 nitrogen and oxygen atoms in total. The van der Waals surface area contributed by atoms with Gasteiger partial charge in [0.25, 0.3) is 5.95 Å². The fourth-order valence-corrected chi connectivity index (χ4v) is 1.96. The van der Waals surface area contributed by atoms with Gasteiger partial charge in [-0.1, -0.05) is 6.92 Å². The molecule has 2 unspecified atom stereocenters. The van der Waals surface area contributed by atoms with Crippen LogP contribution in [0.5, 0.6) is 0 Å². The molecule has 0 amide bonds. The van der Waals surface area contributed by atoms with Gasteiger partial charge >= 0.3 is 0 Å². The maximum absolute atomic E-state index is 5.31. The zero-order chi connectivity index (χ0) is 11.5. The fraction of sp³-hybridized carbons (Fsp3) is 0.818. The van der Waals surface area contributed by atoms with Gasteiger partial charge in [-0.25, -0.2) is 0 Å². The van der Waals surface area contributed by atoms with Crippen molar-refractivity contribution >= 4 is 5.95 Å². The summed E-state index contributed by atoms with van der Waals surface area (Å²) in [6.45, 7) is 6.25. The number of nitrogens with one attached hydrogen (secondary N) is 1. The summed E-state index contributed by atoms with van der Waals surface area (Å²) >= 11 is 0. The van der Waals surface area contributed by atoms with Crippen LogP contribution >= 0.6 is 0 Å². The van der Waals surface area contributed by atoms with Crippen LogP contribution in [0.3, 0.4) is 0 Å². The third-order valence-electron chi connectivity index (χ3n) is 3.21. The Morgan fingerprint density at radius 1 is 1.56 bits per heavy atom. The van der Waals surface area contributed by atoms with E-state index in [9.17, 15) is 0 Å². The first-order valence-electron chi connectivity index (χ1n) is 5.98. The smallest absolute Gasteiger partial charge is 0.265 e. The zero-order valence-corrected chi connectivity index (χ0v) is 10.2. The molecule has 1 aromatic rings. The second-order valence-corrected chi connectivity index (χ2v) is 4.58. The molecule has 1 saturated heterocycles. The van der Waals surface area contributed by atoms with Gasteiger partial charge < -0.3 is 14.7 Å². The number of aromatic nitrogens is 2. The highest BCUT2D eigenvalue weighted by atomic mass is 16.5. The minimum absolute atomic E-state index is 0.232. The molecule has 0 bridgehead atoms. The van der Waals surface area contributed by atoms with Crippen LogP contribution in [-0.4, -0.2) is 30.3 Å². The lowest BCUT2D eigenvalue weighted by Gasteiger charge is -2.25. The Kier molecular flexibility index (Phi) is 3.43. The molecule has 0 radical (unpaired) electrons. The highest BCUT2D eigenvalue weighted by Gasteiger charge is 2.25. The van der Waals surface area contributed by atoms with Gasteiger partial charge in [-0.3, -0.25) is 0 Å². The van der Waals surface area contributed by atoms with E-state index in [0.29, 0.717) is 5.95 Å². The summed E-state index contributed by atoms with van der Waals surface area (Å²) in [5.41, 5.74) is 0. The molecule has 16 heavy (non-hydrogen) atoms. The predicted molar refractivity (Wildman–Crippen MR) is 62.4 cm³/mol. The average molecular weight is 224 g/mol. The summed E-state index contributed by atoms with van der Waals surface area (Å²) in [6, 6.07) is 0.232. The molecule has 0 aliphatic carbocycles. The molecule has 1 aliphatic heterocycles. The molecular weight excluding hydrogens is 204 g/mol. The monoisotopic (exact) mass is 224 g/mol. The molecule has 2 rings (SSSR count). The summed E-state index contributed by atoms with van der Waals surface area (Å²) in [5, 5.41) is 7.41. The van der Waals surface area contributed by atoms with Crippen molar-refractivity contribution in [1.82, 2.24) is 15.5 Å². The molecule has 5 heteroatoms. The highest BCUT2D eigenvalue weighted by molar-refractivity contribution is 5.25. The van der Waals surface area contributed by atoms with Gasteiger partial charge in [0.15, 0.2) is 0 Å². The third-order valence-corrected chi connectivity index (χ3v) is 3.21. The Labute approximate surface area is 96.2 Å². The molecular formula is C11H20N4O. The molecule has 0 aromatic carbocycles. The molecule has 1 N–H and O–H groups in total. The van der Waals surface area contributed by atoms with Crippen LogP contribution in [-0.2, 0) is 0 Å². The van der Waals surface area contributed by atoms with Gasteiger partial charge in [-0.2, -0.15) is 4.98 Å². The second-order valence-electron chi connectivity index (χ2n) is 4.58. The summed E-state index contributed by atoms with van der Waals surface area (Å²) in [4.78, 5) is 6.40. The van der Waals surface area contributed by atoms with Crippen molar-refractivity contribution in [2.24, 2.45) is 5.92 Å². The Balaban J connectivity index is 2.06. The van der Waals surface area contributed by atoms with Crippen molar-refractivity contribution in [3.05, 3.63) is 5.89 Å². The first kappa shape index (κ1) is 11.4. The number of nitrogens with zero attached hydrogens (tertiary/aromatic N) is 3. The van der Waals surface area contributed by atoms with E-state index in [1.54, 1.807) is 0 Å². The molecule has 1 fully saturated rings. The van der Waals surface area contributed by atoms with Gasteiger partial charge in [0.1, 0.15) is 0 Å². The van der Waals surface area contributed by atoms with E-state index in [4.69, 9.17) is 4.52 Å². The molecule has 1 aromatic heterocycles. The summed E-state index contributed by atoms with van der Waals surface area (Å²) < 4.78 is 5.31. The van der Waals surface area contributed by atoms with E-state index in [1.807, 2.05) is 11.9 Å². The summed E-state index contributed by atoms with van der Waals surface area (Å²) in [6.07, 6.45) is 2.31. The normalized spacial score (nSPS) is 25.7. The molecule has 1 aliphatic rings. The van der Waals surface area contributed by atoms with Gasteiger partial charge in [0.2, 0.25) is 5.89 Å². The van der Waals surface area contributed by atoms with Crippen molar-refractivity contribution in [2.45, 2.75) is 32.7 Å². The Morgan fingerprint density at radius 2 is 2.38 bits per heavy atom. The van der Waals surface area contributed by atoms with Crippen molar-refractivity contribution in [3.8, 4) is 0 Å².